The third-order valence-corrected chi connectivity index (χ3v) is 1.58. The summed E-state index contributed by atoms with van der Waals surface area (Å²) in [7, 11) is 0. The minimum atomic E-state index is 0.198. The molecule has 0 aliphatic heterocycles. The Kier molecular flexibility index (Phi) is 3.59. The summed E-state index contributed by atoms with van der Waals surface area (Å²) in [6.45, 7) is 4.29. The molecule has 72 valence electrons. The average Bonchev–Trinajstić information content (AvgIpc) is 2.61. The molecule has 0 unspecified atom stereocenters. The molecule has 0 aliphatic carbocycles. The smallest absolute Gasteiger partial charge is 0.0880 e. The van der Waals surface area contributed by atoms with Crippen LogP contribution in [0.5, 0.6) is 0 Å². The number of hydrogen-bond acceptors (Lipinski definition) is 2. The first kappa shape index (κ1) is 10.2. The number of rotatable bonds is 2. The van der Waals surface area contributed by atoms with Crippen LogP contribution in [0.2, 0.25) is 0 Å². The van der Waals surface area contributed by atoms with Crippen LogP contribution in [0.4, 0.5) is 0 Å². The zero-order valence-electron chi connectivity index (χ0n) is 8.18. The monoisotopic (exact) mass is 189 g/mol. The van der Waals surface area contributed by atoms with Gasteiger partial charge in [0.1, 0.15) is 0 Å². The van der Waals surface area contributed by atoms with Gasteiger partial charge in [0.15, 0.2) is 0 Å². The fourth-order valence-corrected chi connectivity index (χ4v) is 0.894. The second-order valence-electron chi connectivity index (χ2n) is 2.99. The summed E-state index contributed by atoms with van der Waals surface area (Å²) in [5.41, 5.74) is 8.85. The van der Waals surface area contributed by atoms with Crippen molar-refractivity contribution in [2.75, 3.05) is 6.54 Å². The summed E-state index contributed by atoms with van der Waals surface area (Å²) in [4.78, 5) is 2.60. The van der Waals surface area contributed by atoms with Crippen molar-refractivity contribution >= 4 is 0 Å². The van der Waals surface area contributed by atoms with E-state index >= 15 is 0 Å². The Balaban J connectivity index is 2.66. The van der Waals surface area contributed by atoms with Gasteiger partial charge in [-0.1, -0.05) is 17.0 Å². The Morgan fingerprint density at radius 3 is 3.07 bits per heavy atom. The van der Waals surface area contributed by atoms with Gasteiger partial charge in [0.2, 0.25) is 0 Å². The first-order valence-corrected chi connectivity index (χ1v) is 4.28. The summed E-state index contributed by atoms with van der Waals surface area (Å²) >= 11 is 0. The third-order valence-electron chi connectivity index (χ3n) is 1.58. The lowest BCUT2D eigenvalue weighted by molar-refractivity contribution is 0.532. The number of azide groups is 1. The van der Waals surface area contributed by atoms with E-state index in [4.69, 9.17) is 5.53 Å². The molecular weight excluding hydrogens is 178 g/mol. The highest BCUT2D eigenvalue weighted by Gasteiger charge is 1.97. The van der Waals surface area contributed by atoms with Gasteiger partial charge in [0.25, 0.3) is 0 Å². The third kappa shape index (κ3) is 2.85. The topological polar surface area (TPSA) is 66.6 Å². The van der Waals surface area contributed by atoms with Gasteiger partial charge in [-0.25, -0.2) is 0 Å². The Morgan fingerprint density at radius 2 is 2.50 bits per heavy atom. The van der Waals surface area contributed by atoms with Crippen molar-refractivity contribution in [1.29, 1.82) is 0 Å². The zero-order chi connectivity index (χ0) is 10.4. The molecule has 0 bridgehead atoms. The van der Waals surface area contributed by atoms with E-state index in [1.807, 2.05) is 24.7 Å². The molecule has 14 heavy (non-hydrogen) atoms. The first-order valence-electron chi connectivity index (χ1n) is 4.28. The van der Waals surface area contributed by atoms with Crippen LogP contribution in [0.1, 0.15) is 25.5 Å². The normalized spacial score (nSPS) is 9.07. The maximum Gasteiger partial charge on any atom is 0.0880 e. The van der Waals surface area contributed by atoms with Gasteiger partial charge in [-0.15, -0.1) is 0 Å². The molecule has 0 saturated heterocycles. The van der Waals surface area contributed by atoms with E-state index in [1.54, 1.807) is 6.20 Å². The number of aromatic nitrogens is 2. The Labute approximate surface area is 82.4 Å². The van der Waals surface area contributed by atoms with Crippen LogP contribution in [0, 0.1) is 11.8 Å². The van der Waals surface area contributed by atoms with Gasteiger partial charge < -0.3 is 0 Å². The molecule has 5 nitrogen and oxygen atoms in total. The molecule has 1 aromatic heterocycles. The molecule has 0 saturated carbocycles. The fraction of sp³-hybridized carbons (Fsp3) is 0.444. The van der Waals surface area contributed by atoms with Crippen molar-refractivity contribution in [3.63, 3.8) is 0 Å². The van der Waals surface area contributed by atoms with Gasteiger partial charge in [-0.05, 0) is 19.4 Å². The molecule has 0 spiro atoms. The van der Waals surface area contributed by atoms with Gasteiger partial charge >= 0.3 is 0 Å². The van der Waals surface area contributed by atoms with Gasteiger partial charge in [-0.3, -0.25) is 4.68 Å². The highest BCUT2D eigenvalue weighted by Crippen LogP contribution is 2.03. The van der Waals surface area contributed by atoms with Gasteiger partial charge in [0, 0.05) is 17.2 Å². The van der Waals surface area contributed by atoms with Crippen LogP contribution < -0.4 is 0 Å². The highest BCUT2D eigenvalue weighted by molar-refractivity contribution is 5.30. The fourth-order valence-electron chi connectivity index (χ4n) is 0.894. The summed E-state index contributed by atoms with van der Waals surface area (Å²) in [5.74, 6) is 5.59. The molecule has 0 aromatic carbocycles. The Bertz CT molecular complexity index is 400. The van der Waals surface area contributed by atoms with E-state index in [0.717, 1.165) is 5.56 Å². The quantitative estimate of drug-likeness (QED) is 0.304. The molecule has 0 fully saturated rings. The maximum absolute atomic E-state index is 8.01. The van der Waals surface area contributed by atoms with Crippen LogP contribution >= 0.6 is 0 Å². The SMILES string of the molecule is CC(C)n1cc(C#CCN=[N+]=[N-])cn1. The van der Waals surface area contributed by atoms with Crippen molar-refractivity contribution < 1.29 is 0 Å². The molecule has 1 heterocycles. The van der Waals surface area contributed by atoms with Crippen molar-refractivity contribution in [3.05, 3.63) is 28.4 Å². The van der Waals surface area contributed by atoms with E-state index in [2.05, 4.69) is 27.0 Å². The molecule has 1 aromatic rings. The molecule has 0 atom stereocenters. The number of nitrogens with zero attached hydrogens (tertiary/aromatic N) is 5. The predicted molar refractivity (Wildman–Crippen MR) is 53.5 cm³/mol. The summed E-state index contributed by atoms with van der Waals surface area (Å²) in [6.07, 6.45) is 3.57. The molecule has 5 heteroatoms. The van der Waals surface area contributed by atoms with Crippen LogP contribution in [0.25, 0.3) is 10.4 Å². The lowest BCUT2D eigenvalue weighted by Gasteiger charge is -2.01. The zero-order valence-corrected chi connectivity index (χ0v) is 8.18. The standard InChI is InChI=1S/C9H11N5/c1-8(2)14-7-9(6-12-14)4-3-5-11-13-10/h6-8H,5H2,1-2H3. The van der Waals surface area contributed by atoms with E-state index in [0.29, 0.717) is 6.04 Å². The van der Waals surface area contributed by atoms with Crippen molar-refractivity contribution in [2.45, 2.75) is 19.9 Å². The van der Waals surface area contributed by atoms with Crippen LogP contribution in [0.15, 0.2) is 17.5 Å². The summed E-state index contributed by atoms with van der Waals surface area (Å²) < 4.78 is 1.83. The predicted octanol–water partition coefficient (Wildman–Crippen LogP) is 2.13. The Morgan fingerprint density at radius 1 is 1.71 bits per heavy atom. The minimum absolute atomic E-state index is 0.198. The van der Waals surface area contributed by atoms with Crippen molar-refractivity contribution in [1.82, 2.24) is 9.78 Å². The summed E-state index contributed by atoms with van der Waals surface area (Å²) in [5, 5.41) is 7.43. The summed E-state index contributed by atoms with van der Waals surface area (Å²) in [6, 6.07) is 0.336. The van der Waals surface area contributed by atoms with E-state index in [9.17, 15) is 0 Å². The first-order chi connectivity index (χ1) is 6.74. The second-order valence-corrected chi connectivity index (χ2v) is 2.99. The molecule has 0 radical (unpaired) electrons. The maximum atomic E-state index is 8.01. The Hall–Kier alpha value is -1.92. The molecular formula is C9H11N5. The van der Waals surface area contributed by atoms with Gasteiger partial charge in [-0.2, -0.15) is 5.10 Å². The van der Waals surface area contributed by atoms with Gasteiger partial charge in [0.05, 0.1) is 18.3 Å². The van der Waals surface area contributed by atoms with Crippen molar-refractivity contribution in [2.24, 2.45) is 5.11 Å². The van der Waals surface area contributed by atoms with Crippen LogP contribution in [-0.4, -0.2) is 16.3 Å². The molecule has 0 N–H and O–H groups in total. The second kappa shape index (κ2) is 4.95. The van der Waals surface area contributed by atoms with Crippen molar-refractivity contribution in [3.8, 4) is 11.8 Å². The van der Waals surface area contributed by atoms with E-state index in [-0.39, 0.29) is 6.54 Å². The van der Waals surface area contributed by atoms with Crippen LogP contribution in [0.3, 0.4) is 0 Å². The largest absolute Gasteiger partial charge is 0.269 e. The average molecular weight is 189 g/mol. The molecule has 0 amide bonds. The highest BCUT2D eigenvalue weighted by atomic mass is 15.3. The molecule has 1 rings (SSSR count). The van der Waals surface area contributed by atoms with Crippen LogP contribution in [-0.2, 0) is 0 Å². The van der Waals surface area contributed by atoms with E-state index in [1.165, 1.54) is 0 Å². The number of hydrogen-bond donors (Lipinski definition) is 0. The lowest BCUT2D eigenvalue weighted by Crippen LogP contribution is -1.99. The minimum Gasteiger partial charge on any atom is -0.269 e. The molecule has 0 aliphatic rings. The lowest BCUT2D eigenvalue weighted by atomic mass is 10.3. The van der Waals surface area contributed by atoms with E-state index < -0.39 is 0 Å².